The highest BCUT2D eigenvalue weighted by atomic mass is 16.1. The Morgan fingerprint density at radius 1 is 1.24 bits per heavy atom. The maximum absolute atomic E-state index is 12.2. The second-order valence-corrected chi connectivity index (χ2v) is 4.96. The normalized spacial score (nSPS) is 10.7. The molecule has 0 radical (unpaired) electrons. The Labute approximate surface area is 128 Å². The van der Waals surface area contributed by atoms with Crippen LogP contribution in [0.2, 0.25) is 0 Å². The van der Waals surface area contributed by atoms with Gasteiger partial charge in [-0.2, -0.15) is 0 Å². The van der Waals surface area contributed by atoms with E-state index in [-0.39, 0.29) is 5.91 Å². The van der Waals surface area contributed by atoms with Crippen molar-refractivity contribution < 1.29 is 4.79 Å². The molecule has 2 N–H and O–H groups in total. The zero-order valence-electron chi connectivity index (χ0n) is 13.5. The Hall–Kier alpha value is -1.62. The van der Waals surface area contributed by atoms with E-state index in [0.29, 0.717) is 17.9 Å². The Kier molecular flexibility index (Phi) is 8.43. The van der Waals surface area contributed by atoms with Gasteiger partial charge in [0.2, 0.25) is 0 Å². The number of hydrogen-bond acceptors (Lipinski definition) is 4. The summed E-state index contributed by atoms with van der Waals surface area (Å²) in [5.74, 6) is 0.613. The Morgan fingerprint density at radius 2 is 2.00 bits per heavy atom. The lowest BCUT2D eigenvalue weighted by molar-refractivity contribution is 0.0952. The third kappa shape index (κ3) is 6.12. The fourth-order valence-corrected chi connectivity index (χ4v) is 2.11. The Morgan fingerprint density at radius 3 is 2.67 bits per heavy atom. The molecule has 0 saturated heterocycles. The van der Waals surface area contributed by atoms with Crippen LogP contribution in [0.5, 0.6) is 0 Å². The summed E-state index contributed by atoms with van der Waals surface area (Å²) >= 11 is 0. The van der Waals surface area contributed by atoms with Crippen molar-refractivity contribution >= 4 is 11.7 Å². The summed E-state index contributed by atoms with van der Waals surface area (Å²) < 4.78 is 0. The van der Waals surface area contributed by atoms with Gasteiger partial charge in [-0.15, -0.1) is 0 Å². The number of aromatic nitrogens is 1. The number of carbonyl (C=O) groups is 1. The summed E-state index contributed by atoms with van der Waals surface area (Å²) in [7, 11) is 0. The molecule has 0 spiro atoms. The van der Waals surface area contributed by atoms with E-state index in [2.05, 4.69) is 41.3 Å². The summed E-state index contributed by atoms with van der Waals surface area (Å²) in [6.07, 6.45) is 3.67. The molecule has 0 aliphatic carbocycles. The molecule has 0 aromatic carbocycles. The monoisotopic (exact) mass is 292 g/mol. The van der Waals surface area contributed by atoms with Crippen molar-refractivity contribution in [1.82, 2.24) is 15.2 Å². The van der Waals surface area contributed by atoms with Gasteiger partial charge in [-0.25, -0.2) is 4.98 Å². The van der Waals surface area contributed by atoms with E-state index in [4.69, 9.17) is 0 Å². The molecule has 5 nitrogen and oxygen atoms in total. The predicted molar refractivity (Wildman–Crippen MR) is 87.8 cm³/mol. The minimum absolute atomic E-state index is 0.0544. The minimum Gasteiger partial charge on any atom is -0.369 e. The molecule has 21 heavy (non-hydrogen) atoms. The van der Waals surface area contributed by atoms with Crippen molar-refractivity contribution in [2.45, 2.75) is 33.6 Å². The first-order valence-electron chi connectivity index (χ1n) is 7.92. The lowest BCUT2D eigenvalue weighted by Crippen LogP contribution is -2.30. The Bertz CT molecular complexity index is 418. The molecular weight excluding hydrogens is 264 g/mol. The van der Waals surface area contributed by atoms with Crippen LogP contribution in [0.25, 0.3) is 0 Å². The van der Waals surface area contributed by atoms with Crippen LogP contribution in [0.3, 0.4) is 0 Å². The number of carbonyl (C=O) groups excluding carboxylic acids is 1. The zero-order chi connectivity index (χ0) is 15.5. The summed E-state index contributed by atoms with van der Waals surface area (Å²) in [4.78, 5) is 18.8. The van der Waals surface area contributed by atoms with Crippen molar-refractivity contribution in [3.05, 3.63) is 23.9 Å². The van der Waals surface area contributed by atoms with Crippen LogP contribution in [0.15, 0.2) is 18.3 Å². The van der Waals surface area contributed by atoms with E-state index >= 15 is 0 Å². The fourth-order valence-electron chi connectivity index (χ4n) is 2.11. The standard InChI is InChI=1S/C16H28N4O/c1-4-10-17-15-14(9-7-11-18-15)16(21)19-12-8-13-20(5-2)6-3/h7,9,11H,4-6,8,10,12-13H2,1-3H3,(H,17,18)(H,19,21). The smallest absolute Gasteiger partial charge is 0.255 e. The molecule has 0 aliphatic rings. The van der Waals surface area contributed by atoms with Crippen molar-refractivity contribution in [3.63, 3.8) is 0 Å². The van der Waals surface area contributed by atoms with Gasteiger partial charge < -0.3 is 15.5 Å². The maximum Gasteiger partial charge on any atom is 0.255 e. The molecular formula is C16H28N4O. The van der Waals surface area contributed by atoms with Crippen LogP contribution >= 0.6 is 0 Å². The van der Waals surface area contributed by atoms with Crippen molar-refractivity contribution in [2.24, 2.45) is 0 Å². The van der Waals surface area contributed by atoms with Crippen LogP contribution in [-0.4, -0.2) is 48.5 Å². The number of rotatable bonds is 10. The molecule has 1 aromatic rings. The van der Waals surface area contributed by atoms with E-state index in [9.17, 15) is 4.79 Å². The lowest BCUT2D eigenvalue weighted by Gasteiger charge is -2.17. The maximum atomic E-state index is 12.2. The van der Waals surface area contributed by atoms with Gasteiger partial charge >= 0.3 is 0 Å². The van der Waals surface area contributed by atoms with Crippen LogP contribution in [0, 0.1) is 0 Å². The van der Waals surface area contributed by atoms with Crippen LogP contribution in [-0.2, 0) is 0 Å². The molecule has 0 saturated carbocycles. The highest BCUT2D eigenvalue weighted by Crippen LogP contribution is 2.11. The lowest BCUT2D eigenvalue weighted by atomic mass is 10.2. The van der Waals surface area contributed by atoms with Crippen LogP contribution in [0.1, 0.15) is 44.0 Å². The predicted octanol–water partition coefficient (Wildman–Crippen LogP) is 2.37. The summed E-state index contributed by atoms with van der Waals surface area (Å²) in [5.41, 5.74) is 0.619. The number of hydrogen-bond donors (Lipinski definition) is 2. The van der Waals surface area contributed by atoms with Crippen LogP contribution in [0.4, 0.5) is 5.82 Å². The van der Waals surface area contributed by atoms with Gasteiger partial charge in [-0.3, -0.25) is 4.79 Å². The summed E-state index contributed by atoms with van der Waals surface area (Å²) in [6, 6.07) is 3.60. The van der Waals surface area contributed by atoms with Gasteiger partial charge in [0, 0.05) is 19.3 Å². The van der Waals surface area contributed by atoms with Crippen molar-refractivity contribution in [1.29, 1.82) is 0 Å². The second kappa shape index (κ2) is 10.2. The van der Waals surface area contributed by atoms with Gasteiger partial charge in [0.15, 0.2) is 0 Å². The quantitative estimate of drug-likeness (QED) is 0.650. The average molecular weight is 292 g/mol. The molecule has 1 heterocycles. The highest BCUT2D eigenvalue weighted by molar-refractivity contribution is 5.98. The largest absolute Gasteiger partial charge is 0.369 e. The first-order chi connectivity index (χ1) is 10.2. The van der Waals surface area contributed by atoms with E-state index in [1.54, 1.807) is 12.3 Å². The third-order valence-electron chi connectivity index (χ3n) is 3.43. The molecule has 0 atom stereocenters. The Balaban J connectivity index is 2.44. The molecule has 0 aliphatic heterocycles. The number of anilines is 1. The van der Waals surface area contributed by atoms with Crippen LogP contribution < -0.4 is 10.6 Å². The topological polar surface area (TPSA) is 57.3 Å². The number of amides is 1. The SMILES string of the molecule is CCCNc1ncccc1C(=O)NCCCN(CC)CC. The van der Waals surface area contributed by atoms with E-state index in [1.165, 1.54) is 0 Å². The number of pyridine rings is 1. The molecule has 5 heteroatoms. The third-order valence-corrected chi connectivity index (χ3v) is 3.43. The zero-order valence-corrected chi connectivity index (χ0v) is 13.5. The van der Waals surface area contributed by atoms with Gasteiger partial charge in [-0.1, -0.05) is 20.8 Å². The van der Waals surface area contributed by atoms with Gasteiger partial charge in [0.1, 0.15) is 5.82 Å². The van der Waals surface area contributed by atoms with E-state index < -0.39 is 0 Å². The fraction of sp³-hybridized carbons (Fsp3) is 0.625. The molecule has 118 valence electrons. The number of nitrogens with one attached hydrogen (secondary N) is 2. The summed E-state index contributed by atoms with van der Waals surface area (Å²) in [6.45, 7) is 11.0. The molecule has 0 unspecified atom stereocenters. The van der Waals surface area contributed by atoms with E-state index in [1.807, 2.05) is 6.07 Å². The molecule has 0 bridgehead atoms. The molecule has 1 aromatic heterocycles. The first-order valence-corrected chi connectivity index (χ1v) is 7.92. The van der Waals surface area contributed by atoms with E-state index in [0.717, 1.165) is 39.0 Å². The first kappa shape index (κ1) is 17.4. The van der Waals surface area contributed by atoms with Gasteiger partial charge in [0.25, 0.3) is 5.91 Å². The average Bonchev–Trinajstić information content (AvgIpc) is 2.53. The van der Waals surface area contributed by atoms with Crippen molar-refractivity contribution in [3.8, 4) is 0 Å². The molecule has 1 rings (SSSR count). The summed E-state index contributed by atoms with van der Waals surface area (Å²) in [5, 5.41) is 6.16. The number of nitrogens with zero attached hydrogens (tertiary/aromatic N) is 2. The highest BCUT2D eigenvalue weighted by Gasteiger charge is 2.11. The minimum atomic E-state index is -0.0544. The molecule has 1 amide bonds. The van der Waals surface area contributed by atoms with Gasteiger partial charge in [-0.05, 0) is 44.6 Å². The second-order valence-electron chi connectivity index (χ2n) is 4.96. The van der Waals surface area contributed by atoms with Crippen molar-refractivity contribution in [2.75, 3.05) is 38.0 Å². The molecule has 0 fully saturated rings. The van der Waals surface area contributed by atoms with Gasteiger partial charge in [0.05, 0.1) is 5.56 Å².